The van der Waals surface area contributed by atoms with Crippen LogP contribution in [0.2, 0.25) is 5.02 Å². The van der Waals surface area contributed by atoms with E-state index in [-0.39, 0.29) is 19.9 Å². The number of benzene rings is 3. The van der Waals surface area contributed by atoms with E-state index < -0.39 is 0 Å². The van der Waals surface area contributed by atoms with Crippen molar-refractivity contribution in [3.05, 3.63) is 77.4 Å². The summed E-state index contributed by atoms with van der Waals surface area (Å²) in [4.78, 5) is 4.88. The van der Waals surface area contributed by atoms with Gasteiger partial charge in [0.25, 0.3) is 0 Å². The van der Waals surface area contributed by atoms with Crippen LogP contribution in [0, 0.1) is 0 Å². The zero-order valence-corrected chi connectivity index (χ0v) is 18.6. The van der Waals surface area contributed by atoms with Crippen LogP contribution < -0.4 is 0 Å². The molecule has 0 fully saturated rings. The van der Waals surface area contributed by atoms with Gasteiger partial charge in [-0.05, 0) is 0 Å². The van der Waals surface area contributed by atoms with Gasteiger partial charge in [-0.15, -0.1) is 0 Å². The fourth-order valence-corrected chi connectivity index (χ4v) is 6.72. The molecule has 5 rings (SSSR count). The van der Waals surface area contributed by atoms with Crippen molar-refractivity contribution in [1.29, 1.82) is 0 Å². The van der Waals surface area contributed by atoms with E-state index in [4.69, 9.17) is 16.6 Å². The molecule has 3 aromatic carbocycles. The van der Waals surface area contributed by atoms with Crippen LogP contribution in [-0.2, 0) is 5.41 Å². The van der Waals surface area contributed by atoms with Gasteiger partial charge < -0.3 is 0 Å². The van der Waals surface area contributed by atoms with Gasteiger partial charge in [0.2, 0.25) is 0 Å². The maximum absolute atomic E-state index is 6.53. The fraction of sp³-hybridized carbons (Fsp3) is 0.160. The molecular formula is C25H20ClNSe. The molecule has 3 heteroatoms. The van der Waals surface area contributed by atoms with Crippen molar-refractivity contribution in [3.63, 3.8) is 0 Å². The predicted molar refractivity (Wildman–Crippen MR) is 123 cm³/mol. The van der Waals surface area contributed by atoms with Gasteiger partial charge in [0.15, 0.2) is 0 Å². The predicted octanol–water partition coefficient (Wildman–Crippen LogP) is 7.22. The van der Waals surface area contributed by atoms with Crippen LogP contribution in [0.1, 0.15) is 26.3 Å². The Morgan fingerprint density at radius 2 is 1.57 bits per heavy atom. The molecule has 0 saturated heterocycles. The van der Waals surface area contributed by atoms with Crippen LogP contribution in [0.3, 0.4) is 0 Å². The number of hydrogen-bond donors (Lipinski definition) is 0. The Hall–Kier alpha value is -2.12. The number of fused-ring (bicyclic) bond motifs is 4. The van der Waals surface area contributed by atoms with Crippen molar-refractivity contribution in [2.45, 2.75) is 26.2 Å². The summed E-state index contributed by atoms with van der Waals surface area (Å²) in [5.74, 6) is 0. The summed E-state index contributed by atoms with van der Waals surface area (Å²) in [6.07, 6.45) is 1.94. The van der Waals surface area contributed by atoms with E-state index in [0.717, 1.165) is 10.7 Å². The maximum atomic E-state index is 6.53. The zero-order chi connectivity index (χ0) is 19.5. The van der Waals surface area contributed by atoms with Gasteiger partial charge in [-0.3, -0.25) is 0 Å². The molecule has 0 N–H and O–H groups in total. The van der Waals surface area contributed by atoms with E-state index >= 15 is 0 Å². The van der Waals surface area contributed by atoms with Gasteiger partial charge in [0.05, 0.1) is 0 Å². The molecule has 0 spiro atoms. The second-order valence-electron chi connectivity index (χ2n) is 8.25. The molecule has 0 radical (unpaired) electrons. The van der Waals surface area contributed by atoms with E-state index in [1.807, 2.05) is 18.3 Å². The first-order chi connectivity index (χ1) is 13.4. The third kappa shape index (κ3) is 2.79. The molecule has 138 valence electrons. The van der Waals surface area contributed by atoms with Gasteiger partial charge in [-0.2, -0.15) is 0 Å². The average molecular weight is 449 g/mol. The normalized spacial score (nSPS) is 12.3. The van der Waals surface area contributed by atoms with Gasteiger partial charge in [0, 0.05) is 0 Å². The third-order valence-electron chi connectivity index (χ3n) is 5.35. The molecule has 0 bridgehead atoms. The molecule has 0 atom stereocenters. The summed E-state index contributed by atoms with van der Waals surface area (Å²) in [6, 6.07) is 21.7. The molecular weight excluding hydrogens is 429 g/mol. The quantitative estimate of drug-likeness (QED) is 0.247. The number of aromatic nitrogens is 1. The summed E-state index contributed by atoms with van der Waals surface area (Å²) < 4.78 is 2.62. The van der Waals surface area contributed by atoms with Crippen LogP contribution >= 0.6 is 11.6 Å². The first-order valence-corrected chi connectivity index (χ1v) is 11.5. The summed E-state index contributed by atoms with van der Waals surface area (Å²) in [5, 5.41) is 5.95. The zero-order valence-electron chi connectivity index (χ0n) is 16.1. The number of pyridine rings is 1. The van der Waals surface area contributed by atoms with Crippen molar-refractivity contribution < 1.29 is 0 Å². The van der Waals surface area contributed by atoms with E-state index in [9.17, 15) is 0 Å². The molecule has 0 unspecified atom stereocenters. The van der Waals surface area contributed by atoms with Gasteiger partial charge in [-0.1, -0.05) is 0 Å². The Labute approximate surface area is 175 Å². The minimum absolute atomic E-state index is 0.0775. The van der Waals surface area contributed by atoms with Crippen molar-refractivity contribution in [2.75, 3.05) is 0 Å². The van der Waals surface area contributed by atoms with Gasteiger partial charge in [0.1, 0.15) is 0 Å². The first-order valence-electron chi connectivity index (χ1n) is 9.43. The molecule has 28 heavy (non-hydrogen) atoms. The SMILES string of the molecule is CC(C)(C)c1cc(-c2nccc3c2[se]c2c(Cl)cccc23)c2ccccc2c1. The molecule has 0 amide bonds. The molecule has 0 aliphatic carbocycles. The summed E-state index contributed by atoms with van der Waals surface area (Å²) >= 11 is 6.69. The molecule has 0 aliphatic heterocycles. The molecule has 5 aromatic rings. The van der Waals surface area contributed by atoms with E-state index in [1.54, 1.807) is 0 Å². The van der Waals surface area contributed by atoms with Crippen molar-refractivity contribution in [2.24, 2.45) is 0 Å². The fourth-order valence-electron chi connectivity index (χ4n) is 3.82. The van der Waals surface area contributed by atoms with Crippen molar-refractivity contribution in [3.8, 4) is 11.3 Å². The molecule has 0 saturated carbocycles. The minimum atomic E-state index is 0.0775. The first kappa shape index (κ1) is 17.9. The van der Waals surface area contributed by atoms with Crippen LogP contribution in [0.25, 0.3) is 41.3 Å². The van der Waals surface area contributed by atoms with Gasteiger partial charge in [-0.25, -0.2) is 0 Å². The third-order valence-corrected chi connectivity index (χ3v) is 8.56. The Balaban J connectivity index is 1.92. The Bertz CT molecular complexity index is 1360. The van der Waals surface area contributed by atoms with E-state index in [1.165, 1.54) is 41.2 Å². The summed E-state index contributed by atoms with van der Waals surface area (Å²) in [5.41, 5.74) is 3.74. The average Bonchev–Trinajstić information content (AvgIpc) is 3.07. The standard InChI is InChI=1S/C25H20ClNSe/c1-25(2,3)16-13-15-7-4-5-8-17(15)20(14-16)22-24-19(11-12-27-22)18-9-6-10-21(26)23(18)28-24/h4-14H,1-3H3. The van der Waals surface area contributed by atoms with Crippen molar-refractivity contribution >= 4 is 56.2 Å². The van der Waals surface area contributed by atoms with Crippen LogP contribution in [0.15, 0.2) is 66.9 Å². The number of rotatable bonds is 1. The Kier molecular flexibility index (Phi) is 4.14. The monoisotopic (exact) mass is 449 g/mol. The second-order valence-corrected chi connectivity index (χ2v) is 10.8. The van der Waals surface area contributed by atoms with E-state index in [0.29, 0.717) is 0 Å². The van der Waals surface area contributed by atoms with Crippen LogP contribution in [0.4, 0.5) is 0 Å². The van der Waals surface area contributed by atoms with Gasteiger partial charge >= 0.3 is 176 Å². The molecule has 2 aromatic heterocycles. The summed E-state index contributed by atoms with van der Waals surface area (Å²) in [6.45, 7) is 6.80. The number of halogens is 1. The second kappa shape index (κ2) is 6.46. The van der Waals surface area contributed by atoms with Crippen molar-refractivity contribution in [1.82, 2.24) is 4.98 Å². The Morgan fingerprint density at radius 1 is 0.821 bits per heavy atom. The molecule has 0 aliphatic rings. The van der Waals surface area contributed by atoms with E-state index in [2.05, 4.69) is 69.3 Å². The summed E-state index contributed by atoms with van der Waals surface area (Å²) in [7, 11) is 0. The topological polar surface area (TPSA) is 12.9 Å². The molecule has 1 nitrogen and oxygen atoms in total. The Morgan fingerprint density at radius 3 is 2.39 bits per heavy atom. The van der Waals surface area contributed by atoms with Crippen LogP contribution in [-0.4, -0.2) is 19.5 Å². The number of hydrogen-bond acceptors (Lipinski definition) is 1. The molecule has 2 heterocycles. The number of nitrogens with zero attached hydrogens (tertiary/aromatic N) is 1. The van der Waals surface area contributed by atoms with Crippen LogP contribution in [0.5, 0.6) is 0 Å².